The molecule has 1 aromatic rings. The molecule has 0 radical (unpaired) electrons. The first-order valence-corrected chi connectivity index (χ1v) is 6.06. The summed E-state index contributed by atoms with van der Waals surface area (Å²) >= 11 is 5.76. The molecule has 0 N–H and O–H groups in total. The summed E-state index contributed by atoms with van der Waals surface area (Å²) in [6.07, 6.45) is -0.226. The van der Waals surface area contributed by atoms with Crippen LogP contribution in [0, 0.1) is 20.8 Å². The average molecular weight is 241 g/mol. The van der Waals surface area contributed by atoms with Gasteiger partial charge in [0, 0.05) is 5.56 Å². The standard InChI is InChI=1S/C13H17ClO2/c1-8-4-9(2)12(10(3)5-8)13-15-7-11(6-14)16-13/h4-5,11,13H,6-7H2,1-3H3. The third kappa shape index (κ3) is 2.24. The van der Waals surface area contributed by atoms with E-state index in [-0.39, 0.29) is 12.4 Å². The van der Waals surface area contributed by atoms with Crippen molar-refractivity contribution < 1.29 is 9.47 Å². The summed E-state index contributed by atoms with van der Waals surface area (Å²) in [5, 5.41) is 0. The third-order valence-electron chi connectivity index (χ3n) is 2.90. The fraction of sp³-hybridized carbons (Fsp3) is 0.538. The Morgan fingerprint density at radius 2 is 1.88 bits per heavy atom. The van der Waals surface area contributed by atoms with Crippen LogP contribution in [0.4, 0.5) is 0 Å². The second-order valence-corrected chi connectivity index (χ2v) is 4.70. The monoisotopic (exact) mass is 240 g/mol. The molecule has 0 spiro atoms. The second-order valence-electron chi connectivity index (χ2n) is 4.39. The predicted octanol–water partition coefficient (Wildman–Crippen LogP) is 3.26. The Bertz CT molecular complexity index is 367. The molecular weight excluding hydrogens is 224 g/mol. The number of halogens is 1. The zero-order valence-electron chi connectivity index (χ0n) is 9.92. The highest BCUT2D eigenvalue weighted by atomic mass is 35.5. The molecule has 1 heterocycles. The molecule has 0 saturated carbocycles. The van der Waals surface area contributed by atoms with Crippen molar-refractivity contribution in [2.24, 2.45) is 0 Å². The van der Waals surface area contributed by atoms with Crippen molar-refractivity contribution in [2.75, 3.05) is 12.5 Å². The smallest absolute Gasteiger partial charge is 0.184 e. The summed E-state index contributed by atoms with van der Waals surface area (Å²) in [5.41, 5.74) is 4.86. The van der Waals surface area contributed by atoms with E-state index in [0.717, 1.165) is 5.56 Å². The van der Waals surface area contributed by atoms with Gasteiger partial charge in [0.25, 0.3) is 0 Å². The van der Waals surface area contributed by atoms with Crippen LogP contribution in [0.25, 0.3) is 0 Å². The molecule has 1 saturated heterocycles. The molecule has 2 rings (SSSR count). The van der Waals surface area contributed by atoms with Gasteiger partial charge in [-0.3, -0.25) is 0 Å². The Balaban J connectivity index is 2.28. The molecule has 1 aliphatic rings. The van der Waals surface area contributed by atoms with Gasteiger partial charge in [-0.1, -0.05) is 17.7 Å². The summed E-state index contributed by atoms with van der Waals surface area (Å²) in [6.45, 7) is 6.87. The Morgan fingerprint density at radius 3 is 2.38 bits per heavy atom. The summed E-state index contributed by atoms with van der Waals surface area (Å²) in [4.78, 5) is 0. The van der Waals surface area contributed by atoms with E-state index in [0.29, 0.717) is 12.5 Å². The van der Waals surface area contributed by atoms with E-state index in [1.54, 1.807) is 0 Å². The lowest BCUT2D eigenvalue weighted by molar-refractivity contribution is -0.0575. The van der Waals surface area contributed by atoms with E-state index < -0.39 is 0 Å². The van der Waals surface area contributed by atoms with Crippen molar-refractivity contribution in [3.05, 3.63) is 34.4 Å². The van der Waals surface area contributed by atoms with Crippen molar-refractivity contribution in [1.29, 1.82) is 0 Å². The summed E-state index contributed by atoms with van der Waals surface area (Å²) in [6, 6.07) is 4.31. The van der Waals surface area contributed by atoms with Crippen LogP contribution in [0.2, 0.25) is 0 Å². The van der Waals surface area contributed by atoms with Crippen molar-refractivity contribution in [3.8, 4) is 0 Å². The molecule has 2 atom stereocenters. The average Bonchev–Trinajstić information content (AvgIpc) is 2.64. The minimum atomic E-state index is -0.246. The molecule has 1 aliphatic heterocycles. The lowest BCUT2D eigenvalue weighted by Gasteiger charge is -2.17. The number of benzene rings is 1. The third-order valence-corrected chi connectivity index (χ3v) is 3.24. The van der Waals surface area contributed by atoms with E-state index in [9.17, 15) is 0 Å². The summed E-state index contributed by atoms with van der Waals surface area (Å²) in [5.74, 6) is 0.487. The first kappa shape index (κ1) is 11.9. The fourth-order valence-electron chi connectivity index (χ4n) is 2.24. The van der Waals surface area contributed by atoms with Crippen LogP contribution < -0.4 is 0 Å². The normalized spacial score (nSPS) is 25.0. The molecule has 16 heavy (non-hydrogen) atoms. The Hall–Kier alpha value is -0.570. The van der Waals surface area contributed by atoms with Gasteiger partial charge in [0.2, 0.25) is 0 Å². The number of hydrogen-bond donors (Lipinski definition) is 0. The molecule has 0 aromatic heterocycles. The van der Waals surface area contributed by atoms with Gasteiger partial charge in [-0.15, -0.1) is 11.6 Å². The largest absolute Gasteiger partial charge is 0.346 e. The van der Waals surface area contributed by atoms with Crippen LogP contribution in [0.5, 0.6) is 0 Å². The fourth-order valence-corrected chi connectivity index (χ4v) is 2.41. The summed E-state index contributed by atoms with van der Waals surface area (Å²) < 4.78 is 11.4. The van der Waals surface area contributed by atoms with Crippen molar-refractivity contribution in [2.45, 2.75) is 33.2 Å². The van der Waals surface area contributed by atoms with Crippen LogP contribution in [0.15, 0.2) is 12.1 Å². The van der Waals surface area contributed by atoms with Crippen molar-refractivity contribution in [1.82, 2.24) is 0 Å². The first-order chi connectivity index (χ1) is 7.61. The molecule has 3 heteroatoms. The van der Waals surface area contributed by atoms with E-state index in [1.807, 2.05) is 0 Å². The number of hydrogen-bond acceptors (Lipinski definition) is 2. The van der Waals surface area contributed by atoms with Gasteiger partial charge >= 0.3 is 0 Å². The molecular formula is C13H17ClO2. The van der Waals surface area contributed by atoms with Crippen LogP contribution in [-0.4, -0.2) is 18.6 Å². The Kier molecular flexibility index (Phi) is 3.53. The van der Waals surface area contributed by atoms with E-state index >= 15 is 0 Å². The first-order valence-electron chi connectivity index (χ1n) is 5.52. The molecule has 0 bridgehead atoms. The Labute approximate surface area is 102 Å². The molecule has 0 aliphatic carbocycles. The zero-order chi connectivity index (χ0) is 11.7. The van der Waals surface area contributed by atoms with Crippen LogP contribution >= 0.6 is 11.6 Å². The minimum absolute atomic E-state index is 0.0202. The van der Waals surface area contributed by atoms with Gasteiger partial charge in [-0.25, -0.2) is 0 Å². The van der Waals surface area contributed by atoms with Crippen LogP contribution in [-0.2, 0) is 9.47 Å². The maximum atomic E-state index is 5.76. The molecule has 1 fully saturated rings. The zero-order valence-corrected chi connectivity index (χ0v) is 10.7. The number of rotatable bonds is 2. The van der Waals surface area contributed by atoms with E-state index in [1.165, 1.54) is 16.7 Å². The lowest BCUT2D eigenvalue weighted by atomic mass is 9.99. The minimum Gasteiger partial charge on any atom is -0.346 e. The highest BCUT2D eigenvalue weighted by molar-refractivity contribution is 6.18. The predicted molar refractivity (Wildman–Crippen MR) is 64.9 cm³/mol. The molecule has 1 aromatic carbocycles. The maximum absolute atomic E-state index is 5.76. The van der Waals surface area contributed by atoms with Crippen LogP contribution in [0.1, 0.15) is 28.5 Å². The van der Waals surface area contributed by atoms with Crippen molar-refractivity contribution in [3.63, 3.8) is 0 Å². The SMILES string of the molecule is Cc1cc(C)c(C2OCC(CCl)O2)c(C)c1. The van der Waals surface area contributed by atoms with Crippen molar-refractivity contribution >= 4 is 11.6 Å². The van der Waals surface area contributed by atoms with Gasteiger partial charge in [-0.2, -0.15) is 0 Å². The van der Waals surface area contributed by atoms with E-state index in [4.69, 9.17) is 21.1 Å². The molecule has 2 nitrogen and oxygen atoms in total. The lowest BCUT2D eigenvalue weighted by Crippen LogP contribution is -2.11. The second kappa shape index (κ2) is 4.74. The maximum Gasteiger partial charge on any atom is 0.184 e. The number of ether oxygens (including phenoxy) is 2. The van der Waals surface area contributed by atoms with E-state index in [2.05, 4.69) is 32.9 Å². The molecule has 2 unspecified atom stereocenters. The van der Waals surface area contributed by atoms with Gasteiger partial charge in [0.1, 0.15) is 0 Å². The van der Waals surface area contributed by atoms with Crippen LogP contribution in [0.3, 0.4) is 0 Å². The Morgan fingerprint density at radius 1 is 1.25 bits per heavy atom. The van der Waals surface area contributed by atoms with Gasteiger partial charge < -0.3 is 9.47 Å². The highest BCUT2D eigenvalue weighted by Gasteiger charge is 2.28. The highest BCUT2D eigenvalue weighted by Crippen LogP contribution is 2.32. The quantitative estimate of drug-likeness (QED) is 0.739. The summed E-state index contributed by atoms with van der Waals surface area (Å²) in [7, 11) is 0. The van der Waals surface area contributed by atoms with Gasteiger partial charge in [0.15, 0.2) is 6.29 Å². The topological polar surface area (TPSA) is 18.5 Å². The molecule has 0 amide bonds. The number of aryl methyl sites for hydroxylation is 3. The van der Waals surface area contributed by atoms with Gasteiger partial charge in [-0.05, 0) is 31.9 Å². The number of alkyl halides is 1. The molecule has 88 valence electrons. The van der Waals surface area contributed by atoms with Gasteiger partial charge in [0.05, 0.1) is 18.6 Å².